The number of nitrogens with one attached hydrogen (secondary N) is 2. The van der Waals surface area contributed by atoms with E-state index in [1.165, 1.54) is 5.69 Å². The number of nitrogens with zero attached hydrogens (tertiary/aromatic N) is 3. The van der Waals surface area contributed by atoms with Crippen molar-refractivity contribution >= 4 is 11.6 Å². The van der Waals surface area contributed by atoms with Crippen molar-refractivity contribution < 1.29 is 4.74 Å². The van der Waals surface area contributed by atoms with Gasteiger partial charge < -0.3 is 25.2 Å². The topological polar surface area (TPSA) is 52.1 Å². The van der Waals surface area contributed by atoms with E-state index in [0.717, 1.165) is 45.2 Å². The molecule has 0 heterocycles. The molecule has 0 amide bonds. The molecule has 0 aromatic heterocycles. The molecular weight excluding hydrogens is 314 g/mol. The van der Waals surface area contributed by atoms with Crippen LogP contribution in [0, 0.1) is 0 Å². The van der Waals surface area contributed by atoms with Gasteiger partial charge in [0.1, 0.15) is 0 Å². The zero-order chi connectivity index (χ0) is 18.5. The first-order valence-corrected chi connectivity index (χ1v) is 8.98. The van der Waals surface area contributed by atoms with Crippen LogP contribution in [0.25, 0.3) is 0 Å². The molecule has 0 saturated heterocycles. The Bertz CT molecular complexity index is 480. The van der Waals surface area contributed by atoms with Gasteiger partial charge in [0.05, 0.1) is 0 Å². The van der Waals surface area contributed by atoms with Crippen molar-refractivity contribution in [3.63, 3.8) is 0 Å². The number of ether oxygens (including phenoxy) is 1. The molecule has 25 heavy (non-hydrogen) atoms. The summed E-state index contributed by atoms with van der Waals surface area (Å²) in [7, 11) is 7.80. The van der Waals surface area contributed by atoms with Crippen molar-refractivity contribution in [2.45, 2.75) is 19.4 Å². The first-order valence-electron chi connectivity index (χ1n) is 8.98. The molecule has 1 unspecified atom stereocenters. The Morgan fingerprint density at radius 3 is 2.52 bits per heavy atom. The van der Waals surface area contributed by atoms with E-state index in [0.29, 0.717) is 6.04 Å². The number of rotatable bonds is 11. The van der Waals surface area contributed by atoms with Gasteiger partial charge in [0.2, 0.25) is 0 Å². The molecule has 0 fully saturated rings. The van der Waals surface area contributed by atoms with Gasteiger partial charge in [0.15, 0.2) is 5.96 Å². The Labute approximate surface area is 153 Å². The Hall–Kier alpha value is -1.79. The summed E-state index contributed by atoms with van der Waals surface area (Å²) in [6, 6.07) is 10.8. The molecule has 0 aliphatic heterocycles. The molecule has 0 spiro atoms. The lowest BCUT2D eigenvalue weighted by molar-refractivity contribution is 0.180. The number of anilines is 1. The Kier molecular flexibility index (Phi) is 10.7. The van der Waals surface area contributed by atoms with Gasteiger partial charge in [0.25, 0.3) is 0 Å². The second kappa shape index (κ2) is 12.6. The normalized spacial score (nSPS) is 13.0. The molecule has 0 aliphatic rings. The number of aliphatic imine (C=N–C) groups is 1. The molecule has 1 rings (SSSR count). The van der Waals surface area contributed by atoms with Crippen LogP contribution in [-0.2, 0) is 4.74 Å². The first kappa shape index (κ1) is 21.3. The van der Waals surface area contributed by atoms with Gasteiger partial charge in [-0.3, -0.25) is 4.99 Å². The predicted octanol–water partition coefficient (Wildman–Crippen LogP) is 1.64. The van der Waals surface area contributed by atoms with Crippen LogP contribution in [0.3, 0.4) is 0 Å². The Balaban J connectivity index is 2.27. The first-order chi connectivity index (χ1) is 12.1. The van der Waals surface area contributed by atoms with Gasteiger partial charge in [0, 0.05) is 65.7 Å². The lowest BCUT2D eigenvalue weighted by Crippen LogP contribution is -2.46. The smallest absolute Gasteiger partial charge is 0.191 e. The summed E-state index contributed by atoms with van der Waals surface area (Å²) in [4.78, 5) is 8.87. The molecule has 0 aliphatic carbocycles. The minimum Gasteiger partial charge on any atom is -0.385 e. The summed E-state index contributed by atoms with van der Waals surface area (Å²) in [5.41, 5.74) is 1.22. The fourth-order valence-corrected chi connectivity index (χ4v) is 2.48. The lowest BCUT2D eigenvalue weighted by atomic mass is 10.2. The van der Waals surface area contributed by atoms with Crippen molar-refractivity contribution in [1.82, 2.24) is 15.5 Å². The number of hydrogen-bond acceptors (Lipinski definition) is 4. The number of para-hydroxylation sites is 1. The van der Waals surface area contributed by atoms with Crippen LogP contribution in [-0.4, -0.2) is 77.9 Å². The molecule has 2 N–H and O–H groups in total. The fourth-order valence-electron chi connectivity index (χ4n) is 2.48. The zero-order valence-electron chi connectivity index (χ0n) is 16.5. The SMILES string of the molecule is CN=C(NCCN(C)CCCOC)NCC(C)N(C)c1ccccc1. The second-order valence-electron chi connectivity index (χ2n) is 6.32. The molecular formula is C19H35N5O. The average molecular weight is 350 g/mol. The molecule has 6 nitrogen and oxygen atoms in total. The van der Waals surface area contributed by atoms with Crippen molar-refractivity contribution in [3.05, 3.63) is 30.3 Å². The van der Waals surface area contributed by atoms with E-state index in [1.807, 2.05) is 13.1 Å². The zero-order valence-corrected chi connectivity index (χ0v) is 16.5. The van der Waals surface area contributed by atoms with E-state index in [1.54, 1.807) is 7.11 Å². The summed E-state index contributed by atoms with van der Waals surface area (Å²) < 4.78 is 5.08. The minimum atomic E-state index is 0.359. The van der Waals surface area contributed by atoms with Crippen molar-refractivity contribution in [2.75, 3.05) is 65.9 Å². The maximum Gasteiger partial charge on any atom is 0.191 e. The van der Waals surface area contributed by atoms with E-state index in [4.69, 9.17) is 4.74 Å². The number of guanidine groups is 1. The Morgan fingerprint density at radius 2 is 1.88 bits per heavy atom. The summed E-state index contributed by atoms with van der Waals surface area (Å²) in [6.45, 7) is 6.73. The van der Waals surface area contributed by atoms with Gasteiger partial charge >= 0.3 is 0 Å². The van der Waals surface area contributed by atoms with Gasteiger partial charge in [-0.15, -0.1) is 0 Å². The van der Waals surface area contributed by atoms with Crippen LogP contribution in [0.15, 0.2) is 35.3 Å². The van der Waals surface area contributed by atoms with Gasteiger partial charge in [-0.1, -0.05) is 18.2 Å². The third kappa shape index (κ3) is 8.74. The van der Waals surface area contributed by atoms with E-state index < -0.39 is 0 Å². The van der Waals surface area contributed by atoms with Gasteiger partial charge in [-0.25, -0.2) is 0 Å². The van der Waals surface area contributed by atoms with Crippen molar-refractivity contribution in [3.8, 4) is 0 Å². The van der Waals surface area contributed by atoms with Crippen LogP contribution in [0.1, 0.15) is 13.3 Å². The van der Waals surface area contributed by atoms with Crippen LogP contribution < -0.4 is 15.5 Å². The second-order valence-corrected chi connectivity index (χ2v) is 6.32. The number of hydrogen-bond donors (Lipinski definition) is 2. The highest BCUT2D eigenvalue weighted by Crippen LogP contribution is 2.13. The molecule has 0 saturated carbocycles. The van der Waals surface area contributed by atoms with Gasteiger partial charge in [-0.2, -0.15) is 0 Å². The molecule has 6 heteroatoms. The molecule has 0 bridgehead atoms. The molecule has 1 aromatic rings. The summed E-state index contributed by atoms with van der Waals surface area (Å²) >= 11 is 0. The van der Waals surface area contributed by atoms with Crippen molar-refractivity contribution in [2.24, 2.45) is 4.99 Å². The number of benzene rings is 1. The van der Waals surface area contributed by atoms with Crippen molar-refractivity contribution in [1.29, 1.82) is 0 Å². The summed E-state index contributed by atoms with van der Waals surface area (Å²) in [5, 5.41) is 6.78. The third-order valence-corrected chi connectivity index (χ3v) is 4.29. The van der Waals surface area contributed by atoms with E-state index in [2.05, 4.69) is 70.7 Å². The standard InChI is InChI=1S/C19H35N5O/c1-17(24(4)18-10-7-6-8-11-18)16-22-19(20-2)21-12-14-23(3)13-9-15-25-5/h6-8,10-11,17H,9,12-16H2,1-5H3,(H2,20,21,22). The molecule has 1 atom stereocenters. The highest BCUT2D eigenvalue weighted by atomic mass is 16.5. The monoisotopic (exact) mass is 349 g/mol. The van der Waals surface area contributed by atoms with E-state index in [9.17, 15) is 0 Å². The van der Waals surface area contributed by atoms with Crippen LogP contribution in [0.2, 0.25) is 0 Å². The number of likely N-dealkylation sites (N-methyl/N-ethyl adjacent to an activating group) is 2. The maximum absolute atomic E-state index is 5.08. The highest BCUT2D eigenvalue weighted by Gasteiger charge is 2.10. The summed E-state index contributed by atoms with van der Waals surface area (Å²) in [6.07, 6.45) is 1.06. The average Bonchev–Trinajstić information content (AvgIpc) is 2.64. The van der Waals surface area contributed by atoms with E-state index >= 15 is 0 Å². The van der Waals surface area contributed by atoms with Crippen LogP contribution in [0.5, 0.6) is 0 Å². The molecule has 142 valence electrons. The van der Waals surface area contributed by atoms with Gasteiger partial charge in [-0.05, 0) is 32.5 Å². The summed E-state index contributed by atoms with van der Waals surface area (Å²) in [5.74, 6) is 0.846. The van der Waals surface area contributed by atoms with Crippen LogP contribution in [0.4, 0.5) is 5.69 Å². The molecule has 1 aromatic carbocycles. The third-order valence-electron chi connectivity index (χ3n) is 4.29. The Morgan fingerprint density at radius 1 is 1.16 bits per heavy atom. The predicted molar refractivity (Wildman–Crippen MR) is 108 cm³/mol. The largest absolute Gasteiger partial charge is 0.385 e. The lowest BCUT2D eigenvalue weighted by Gasteiger charge is -2.28. The minimum absolute atomic E-state index is 0.359. The molecule has 0 radical (unpaired) electrons. The maximum atomic E-state index is 5.08. The highest BCUT2D eigenvalue weighted by molar-refractivity contribution is 5.79. The quantitative estimate of drug-likeness (QED) is 0.361. The number of methoxy groups -OCH3 is 1. The van der Waals surface area contributed by atoms with E-state index in [-0.39, 0.29) is 0 Å². The fraction of sp³-hybridized carbons (Fsp3) is 0.632. The van der Waals surface area contributed by atoms with Crippen LogP contribution >= 0.6 is 0 Å².